The van der Waals surface area contributed by atoms with Crippen LogP contribution in [0.15, 0.2) is 40.9 Å². The normalized spacial score (nSPS) is 10.3. The molecule has 0 unspecified atom stereocenters. The van der Waals surface area contributed by atoms with Gasteiger partial charge in [0.1, 0.15) is 12.4 Å². The summed E-state index contributed by atoms with van der Waals surface area (Å²) < 4.78 is 6.47. The van der Waals surface area contributed by atoms with E-state index >= 15 is 0 Å². The maximum Gasteiger partial charge on any atom is 0.265 e. The fourth-order valence-electron chi connectivity index (χ4n) is 1.77. The van der Waals surface area contributed by atoms with Crippen molar-refractivity contribution in [2.75, 3.05) is 0 Å². The van der Waals surface area contributed by atoms with Crippen LogP contribution in [0.2, 0.25) is 5.02 Å². The first-order chi connectivity index (χ1) is 10.0. The van der Waals surface area contributed by atoms with Crippen LogP contribution in [0, 0.1) is 6.92 Å². The van der Waals surface area contributed by atoms with E-state index in [0.717, 1.165) is 15.6 Å². The van der Waals surface area contributed by atoms with Crippen molar-refractivity contribution in [3.8, 4) is 5.75 Å². The van der Waals surface area contributed by atoms with E-state index < -0.39 is 0 Å². The van der Waals surface area contributed by atoms with Gasteiger partial charge in [-0.25, -0.2) is 5.84 Å². The number of nitrogens with one attached hydrogen (secondary N) is 1. The molecule has 0 atom stereocenters. The lowest BCUT2D eigenvalue weighted by Crippen LogP contribution is -2.29. The molecular formula is C15H14BrClN2O2. The van der Waals surface area contributed by atoms with Crippen molar-refractivity contribution in [3.05, 3.63) is 62.6 Å². The van der Waals surface area contributed by atoms with Crippen LogP contribution in [0.5, 0.6) is 5.75 Å². The molecule has 0 aliphatic rings. The van der Waals surface area contributed by atoms with Gasteiger partial charge in [0, 0.05) is 15.6 Å². The number of halogens is 2. The molecule has 0 saturated carbocycles. The van der Waals surface area contributed by atoms with E-state index in [-0.39, 0.29) is 5.91 Å². The van der Waals surface area contributed by atoms with Gasteiger partial charge in [-0.3, -0.25) is 10.2 Å². The Balaban J connectivity index is 2.11. The minimum atomic E-state index is -0.343. The smallest absolute Gasteiger partial charge is 0.265 e. The van der Waals surface area contributed by atoms with Gasteiger partial charge >= 0.3 is 0 Å². The Labute approximate surface area is 136 Å². The molecule has 2 rings (SSSR count). The molecule has 0 aliphatic heterocycles. The highest BCUT2D eigenvalue weighted by molar-refractivity contribution is 9.10. The van der Waals surface area contributed by atoms with E-state index in [1.807, 2.05) is 25.1 Å². The van der Waals surface area contributed by atoms with Crippen molar-refractivity contribution in [1.29, 1.82) is 0 Å². The van der Waals surface area contributed by atoms with Crippen molar-refractivity contribution in [2.45, 2.75) is 13.5 Å². The Kier molecular flexibility index (Phi) is 5.22. The zero-order chi connectivity index (χ0) is 15.4. The van der Waals surface area contributed by atoms with Crippen LogP contribution >= 0.6 is 27.5 Å². The maximum absolute atomic E-state index is 11.4. The largest absolute Gasteiger partial charge is 0.487 e. The van der Waals surface area contributed by atoms with Crippen LogP contribution in [0.4, 0.5) is 0 Å². The van der Waals surface area contributed by atoms with E-state index in [9.17, 15) is 4.79 Å². The quantitative estimate of drug-likeness (QED) is 0.492. The summed E-state index contributed by atoms with van der Waals surface area (Å²) in [5.41, 5.74) is 4.54. The molecule has 3 N–H and O–H groups in total. The van der Waals surface area contributed by atoms with Gasteiger partial charge in [-0.1, -0.05) is 39.7 Å². The first-order valence-electron chi connectivity index (χ1n) is 6.19. The third kappa shape index (κ3) is 3.97. The van der Waals surface area contributed by atoms with Gasteiger partial charge in [-0.2, -0.15) is 0 Å². The number of rotatable bonds is 4. The van der Waals surface area contributed by atoms with E-state index in [0.29, 0.717) is 22.9 Å². The summed E-state index contributed by atoms with van der Waals surface area (Å²) >= 11 is 9.53. The number of aryl methyl sites for hydroxylation is 1. The van der Waals surface area contributed by atoms with Crippen molar-refractivity contribution >= 4 is 33.4 Å². The minimum Gasteiger partial charge on any atom is -0.487 e. The second-order valence-electron chi connectivity index (χ2n) is 4.50. The molecule has 110 valence electrons. The molecule has 0 aliphatic carbocycles. The zero-order valence-electron chi connectivity index (χ0n) is 11.3. The van der Waals surface area contributed by atoms with Crippen LogP contribution < -0.4 is 16.0 Å². The third-order valence-electron chi connectivity index (χ3n) is 2.92. The van der Waals surface area contributed by atoms with E-state index in [1.54, 1.807) is 18.2 Å². The second-order valence-corrected chi connectivity index (χ2v) is 5.76. The first-order valence-corrected chi connectivity index (χ1v) is 7.36. The number of amides is 1. The molecule has 0 heterocycles. The third-order valence-corrected chi connectivity index (χ3v) is 3.95. The van der Waals surface area contributed by atoms with Crippen molar-refractivity contribution in [1.82, 2.24) is 5.43 Å². The van der Waals surface area contributed by atoms with Gasteiger partial charge in [0.05, 0.1) is 5.02 Å². The monoisotopic (exact) mass is 368 g/mol. The standard InChI is InChI=1S/C15H14BrClN2O2/c1-9-2-5-14(13(17)6-9)21-8-11-4-3-10(7-12(11)16)15(20)19-18/h2-7H,8,18H2,1H3,(H,19,20). The highest BCUT2D eigenvalue weighted by Crippen LogP contribution is 2.27. The molecule has 0 radical (unpaired) electrons. The zero-order valence-corrected chi connectivity index (χ0v) is 13.7. The number of hydrazine groups is 1. The predicted octanol–water partition coefficient (Wildman–Crippen LogP) is 3.59. The van der Waals surface area contributed by atoms with Gasteiger partial charge < -0.3 is 4.74 Å². The summed E-state index contributed by atoms with van der Waals surface area (Å²) in [6, 6.07) is 10.8. The fourth-order valence-corrected chi connectivity index (χ4v) is 2.55. The summed E-state index contributed by atoms with van der Waals surface area (Å²) in [6.07, 6.45) is 0. The number of ether oxygens (including phenoxy) is 1. The van der Waals surface area contributed by atoms with Crippen molar-refractivity contribution < 1.29 is 9.53 Å². The Morgan fingerprint density at radius 3 is 2.71 bits per heavy atom. The topological polar surface area (TPSA) is 64.3 Å². The molecule has 0 spiro atoms. The van der Waals surface area contributed by atoms with Gasteiger partial charge in [-0.15, -0.1) is 0 Å². The lowest BCUT2D eigenvalue weighted by molar-refractivity contribution is 0.0953. The number of nitrogen functional groups attached to an aromatic ring is 1. The summed E-state index contributed by atoms with van der Waals surface area (Å²) in [6.45, 7) is 2.31. The highest BCUT2D eigenvalue weighted by Gasteiger charge is 2.08. The second kappa shape index (κ2) is 6.93. The average molecular weight is 370 g/mol. The van der Waals surface area contributed by atoms with E-state index in [1.165, 1.54) is 0 Å². The van der Waals surface area contributed by atoms with Crippen LogP contribution in [-0.4, -0.2) is 5.91 Å². The van der Waals surface area contributed by atoms with Crippen LogP contribution in [0.1, 0.15) is 21.5 Å². The van der Waals surface area contributed by atoms with E-state index in [2.05, 4.69) is 21.4 Å². The van der Waals surface area contributed by atoms with Gasteiger partial charge in [0.2, 0.25) is 0 Å². The molecule has 21 heavy (non-hydrogen) atoms. The average Bonchev–Trinajstić information content (AvgIpc) is 2.46. The fraction of sp³-hybridized carbons (Fsp3) is 0.133. The first kappa shape index (κ1) is 15.8. The number of benzene rings is 2. The Morgan fingerprint density at radius 1 is 1.33 bits per heavy atom. The number of carbonyl (C=O) groups excluding carboxylic acids is 1. The molecule has 0 saturated heterocycles. The Bertz CT molecular complexity index is 677. The molecule has 0 aromatic heterocycles. The number of hydrogen-bond acceptors (Lipinski definition) is 3. The number of carbonyl (C=O) groups is 1. The molecule has 4 nitrogen and oxygen atoms in total. The number of hydrogen-bond donors (Lipinski definition) is 2. The van der Waals surface area contributed by atoms with Gasteiger partial charge in [0.25, 0.3) is 5.91 Å². The lowest BCUT2D eigenvalue weighted by Gasteiger charge is -2.11. The van der Waals surface area contributed by atoms with Gasteiger partial charge in [-0.05, 0) is 36.8 Å². The summed E-state index contributed by atoms with van der Waals surface area (Å²) in [5, 5.41) is 0.574. The molecule has 0 fully saturated rings. The molecule has 1 amide bonds. The van der Waals surface area contributed by atoms with Crippen molar-refractivity contribution in [3.63, 3.8) is 0 Å². The lowest BCUT2D eigenvalue weighted by atomic mass is 10.1. The van der Waals surface area contributed by atoms with Crippen LogP contribution in [0.3, 0.4) is 0 Å². The van der Waals surface area contributed by atoms with Gasteiger partial charge in [0.15, 0.2) is 0 Å². The SMILES string of the molecule is Cc1ccc(OCc2ccc(C(=O)NN)cc2Br)c(Cl)c1. The molecule has 0 bridgehead atoms. The molecule has 6 heteroatoms. The van der Waals surface area contributed by atoms with Crippen molar-refractivity contribution in [2.24, 2.45) is 5.84 Å². The maximum atomic E-state index is 11.4. The minimum absolute atomic E-state index is 0.341. The molecule has 2 aromatic rings. The highest BCUT2D eigenvalue weighted by atomic mass is 79.9. The van der Waals surface area contributed by atoms with Crippen LogP contribution in [-0.2, 0) is 6.61 Å². The number of nitrogens with two attached hydrogens (primary N) is 1. The predicted molar refractivity (Wildman–Crippen MR) is 86.3 cm³/mol. The summed E-state index contributed by atoms with van der Waals surface area (Å²) in [5.74, 6) is 5.38. The molecule has 2 aromatic carbocycles. The Hall–Kier alpha value is -1.56. The molecular weight excluding hydrogens is 356 g/mol. The Morgan fingerprint density at radius 2 is 2.10 bits per heavy atom. The summed E-state index contributed by atoms with van der Waals surface area (Å²) in [7, 11) is 0. The van der Waals surface area contributed by atoms with Crippen LogP contribution in [0.25, 0.3) is 0 Å². The van der Waals surface area contributed by atoms with E-state index in [4.69, 9.17) is 22.2 Å². The summed E-state index contributed by atoms with van der Waals surface area (Å²) in [4.78, 5) is 11.4.